The first kappa shape index (κ1) is 19.1. The van der Waals surface area contributed by atoms with E-state index in [0.717, 1.165) is 19.3 Å². The summed E-state index contributed by atoms with van der Waals surface area (Å²) in [7, 11) is 0. The van der Waals surface area contributed by atoms with Crippen molar-refractivity contribution in [3.63, 3.8) is 0 Å². The van der Waals surface area contributed by atoms with Gasteiger partial charge in [0, 0.05) is 19.3 Å². The summed E-state index contributed by atoms with van der Waals surface area (Å²) in [5, 5.41) is 0. The number of hydrogen-bond acceptors (Lipinski definition) is 0. The van der Waals surface area contributed by atoms with Crippen LogP contribution in [0.15, 0.2) is 0 Å². The lowest BCUT2D eigenvalue weighted by molar-refractivity contribution is 0.604. The SMILES string of the molecule is C#CCCCCCCCCC#CCCCCCCCC. The molecule has 114 valence electrons. The van der Waals surface area contributed by atoms with Crippen LogP contribution in [0.4, 0.5) is 0 Å². The van der Waals surface area contributed by atoms with Crippen LogP contribution in [0.25, 0.3) is 0 Å². The van der Waals surface area contributed by atoms with Crippen LogP contribution in [0.3, 0.4) is 0 Å². The molecule has 0 aliphatic rings. The Balaban J connectivity index is 3.08. The van der Waals surface area contributed by atoms with E-state index in [4.69, 9.17) is 6.42 Å². The van der Waals surface area contributed by atoms with Crippen molar-refractivity contribution in [3.8, 4) is 24.2 Å². The molecule has 0 unspecified atom stereocenters. The van der Waals surface area contributed by atoms with Gasteiger partial charge in [-0.05, 0) is 19.3 Å². The first-order valence-electron chi connectivity index (χ1n) is 8.81. The predicted octanol–water partition coefficient (Wildman–Crippen LogP) is 6.49. The molecule has 0 aromatic heterocycles. The lowest BCUT2D eigenvalue weighted by Gasteiger charge is -1.98. The summed E-state index contributed by atoms with van der Waals surface area (Å²) < 4.78 is 0. The lowest BCUT2D eigenvalue weighted by atomic mass is 10.1. The van der Waals surface area contributed by atoms with E-state index in [9.17, 15) is 0 Å². The molecule has 0 aliphatic heterocycles. The van der Waals surface area contributed by atoms with Gasteiger partial charge in [-0.25, -0.2) is 0 Å². The van der Waals surface area contributed by atoms with Crippen LogP contribution in [0.5, 0.6) is 0 Å². The first-order valence-corrected chi connectivity index (χ1v) is 8.81. The van der Waals surface area contributed by atoms with Gasteiger partial charge in [0.1, 0.15) is 0 Å². The monoisotopic (exact) mass is 274 g/mol. The summed E-state index contributed by atoms with van der Waals surface area (Å²) in [6.07, 6.45) is 24.4. The van der Waals surface area contributed by atoms with Gasteiger partial charge in [0.2, 0.25) is 0 Å². The zero-order valence-electron chi connectivity index (χ0n) is 13.7. The van der Waals surface area contributed by atoms with Crippen LogP contribution in [0.2, 0.25) is 0 Å². The van der Waals surface area contributed by atoms with Gasteiger partial charge in [0.05, 0.1) is 0 Å². The second-order valence-corrected chi connectivity index (χ2v) is 5.70. The Morgan fingerprint density at radius 3 is 1.40 bits per heavy atom. The average molecular weight is 274 g/mol. The summed E-state index contributed by atoms with van der Waals surface area (Å²) in [5.74, 6) is 9.34. The summed E-state index contributed by atoms with van der Waals surface area (Å²) in [5.41, 5.74) is 0. The Morgan fingerprint density at radius 1 is 0.550 bits per heavy atom. The maximum atomic E-state index is 5.22. The Bertz CT molecular complexity index is 271. The molecule has 0 N–H and O–H groups in total. The minimum absolute atomic E-state index is 0.948. The molecule has 0 fully saturated rings. The van der Waals surface area contributed by atoms with Crippen molar-refractivity contribution in [2.45, 2.75) is 103 Å². The van der Waals surface area contributed by atoms with Crippen LogP contribution in [-0.4, -0.2) is 0 Å². The number of rotatable bonds is 13. The normalized spacial score (nSPS) is 9.80. The maximum Gasteiger partial charge on any atom is 0.00886 e. The Morgan fingerprint density at radius 2 is 0.950 bits per heavy atom. The quantitative estimate of drug-likeness (QED) is 0.266. The highest BCUT2D eigenvalue weighted by atomic mass is 14.0. The van der Waals surface area contributed by atoms with Crippen LogP contribution < -0.4 is 0 Å². The standard InChI is InChI=1S/C20H34/c1-3-5-7-9-11-13-15-17-19-20-18-16-14-12-10-8-6-4-2/h1H,4-17,19H2,2H3. The summed E-state index contributed by atoms with van der Waals surface area (Å²) in [6.45, 7) is 2.27. The van der Waals surface area contributed by atoms with Gasteiger partial charge in [-0.3, -0.25) is 0 Å². The zero-order valence-corrected chi connectivity index (χ0v) is 13.7. The topological polar surface area (TPSA) is 0 Å². The van der Waals surface area contributed by atoms with Gasteiger partial charge >= 0.3 is 0 Å². The maximum absolute atomic E-state index is 5.22. The fraction of sp³-hybridized carbons (Fsp3) is 0.800. The van der Waals surface area contributed by atoms with E-state index < -0.39 is 0 Å². The third kappa shape index (κ3) is 17.1. The van der Waals surface area contributed by atoms with Crippen molar-refractivity contribution >= 4 is 0 Å². The number of terminal acetylenes is 1. The predicted molar refractivity (Wildman–Crippen MR) is 91.5 cm³/mol. The smallest absolute Gasteiger partial charge is 0.00886 e. The van der Waals surface area contributed by atoms with E-state index in [1.165, 1.54) is 77.0 Å². The van der Waals surface area contributed by atoms with Gasteiger partial charge in [-0.1, -0.05) is 64.7 Å². The van der Waals surface area contributed by atoms with Crippen LogP contribution in [0.1, 0.15) is 103 Å². The molecule has 0 saturated heterocycles. The molecule has 0 atom stereocenters. The highest BCUT2D eigenvalue weighted by molar-refractivity contribution is 4.98. The molecule has 0 heteroatoms. The van der Waals surface area contributed by atoms with Gasteiger partial charge in [-0.15, -0.1) is 24.2 Å². The van der Waals surface area contributed by atoms with Gasteiger partial charge in [-0.2, -0.15) is 0 Å². The first-order chi connectivity index (χ1) is 9.91. The summed E-state index contributed by atoms with van der Waals surface area (Å²) in [6, 6.07) is 0. The van der Waals surface area contributed by atoms with E-state index in [2.05, 4.69) is 24.7 Å². The molecule has 0 aliphatic carbocycles. The molecule has 0 bridgehead atoms. The zero-order chi connectivity index (χ0) is 14.7. The van der Waals surface area contributed by atoms with Crippen molar-refractivity contribution in [2.24, 2.45) is 0 Å². The number of unbranched alkanes of at least 4 members (excludes halogenated alkanes) is 13. The second kappa shape index (κ2) is 18.1. The molecule has 0 aromatic rings. The van der Waals surface area contributed by atoms with E-state index in [-0.39, 0.29) is 0 Å². The van der Waals surface area contributed by atoms with E-state index in [0.29, 0.717) is 0 Å². The minimum Gasteiger partial charge on any atom is -0.120 e. The minimum atomic E-state index is 0.948. The molecule has 0 nitrogen and oxygen atoms in total. The Hall–Kier alpha value is -0.880. The molecule has 0 heterocycles. The highest BCUT2D eigenvalue weighted by Gasteiger charge is 1.90. The Kier molecular flexibility index (Phi) is 17.3. The second-order valence-electron chi connectivity index (χ2n) is 5.70. The molecule has 0 radical (unpaired) electrons. The summed E-state index contributed by atoms with van der Waals surface area (Å²) >= 11 is 0. The van der Waals surface area contributed by atoms with Crippen molar-refractivity contribution < 1.29 is 0 Å². The lowest BCUT2D eigenvalue weighted by Crippen LogP contribution is -1.80. The van der Waals surface area contributed by atoms with E-state index in [1.54, 1.807) is 0 Å². The van der Waals surface area contributed by atoms with Crippen molar-refractivity contribution in [2.75, 3.05) is 0 Å². The highest BCUT2D eigenvalue weighted by Crippen LogP contribution is 2.08. The average Bonchev–Trinajstić information content (AvgIpc) is 2.47. The van der Waals surface area contributed by atoms with E-state index >= 15 is 0 Å². The van der Waals surface area contributed by atoms with E-state index in [1.807, 2.05) is 0 Å². The third-order valence-corrected chi connectivity index (χ3v) is 3.65. The molecule has 0 amide bonds. The van der Waals surface area contributed by atoms with Crippen molar-refractivity contribution in [1.29, 1.82) is 0 Å². The van der Waals surface area contributed by atoms with Crippen molar-refractivity contribution in [3.05, 3.63) is 0 Å². The van der Waals surface area contributed by atoms with Gasteiger partial charge < -0.3 is 0 Å². The fourth-order valence-electron chi connectivity index (χ4n) is 2.32. The van der Waals surface area contributed by atoms with Gasteiger partial charge in [0.15, 0.2) is 0 Å². The molecule has 0 spiro atoms. The fourth-order valence-corrected chi connectivity index (χ4v) is 2.32. The molecule has 20 heavy (non-hydrogen) atoms. The molecular weight excluding hydrogens is 240 g/mol. The third-order valence-electron chi connectivity index (χ3n) is 3.65. The molecule has 0 aromatic carbocycles. The molecule has 0 saturated carbocycles. The largest absolute Gasteiger partial charge is 0.120 e. The van der Waals surface area contributed by atoms with Crippen molar-refractivity contribution in [1.82, 2.24) is 0 Å². The number of hydrogen-bond donors (Lipinski definition) is 0. The van der Waals surface area contributed by atoms with Gasteiger partial charge in [0.25, 0.3) is 0 Å². The Labute approximate surface area is 128 Å². The molecule has 0 rings (SSSR count). The molecular formula is C20H34. The summed E-state index contributed by atoms with van der Waals surface area (Å²) in [4.78, 5) is 0. The van der Waals surface area contributed by atoms with Crippen LogP contribution in [-0.2, 0) is 0 Å². The van der Waals surface area contributed by atoms with Crippen LogP contribution >= 0.6 is 0 Å². The van der Waals surface area contributed by atoms with Crippen LogP contribution in [0, 0.1) is 24.2 Å².